The van der Waals surface area contributed by atoms with Crippen molar-refractivity contribution in [1.29, 1.82) is 0 Å². The Kier molecular flexibility index (Phi) is 4.42. The van der Waals surface area contributed by atoms with Crippen molar-refractivity contribution < 1.29 is 0 Å². The quantitative estimate of drug-likeness (QED) is 0.778. The number of likely N-dealkylation sites (tertiary alicyclic amines) is 1. The van der Waals surface area contributed by atoms with Crippen LogP contribution in [0.1, 0.15) is 44.4 Å². The molecule has 130 valence electrons. The number of nitrogens with zero attached hydrogens (tertiary/aromatic N) is 1. The average molecular weight is 343 g/mol. The number of para-hydroxylation sites is 1. The molecule has 2 atom stereocenters. The van der Waals surface area contributed by atoms with Gasteiger partial charge in [-0.1, -0.05) is 32.4 Å². The van der Waals surface area contributed by atoms with Gasteiger partial charge in [-0.25, -0.2) is 0 Å². The molecule has 4 rings (SSSR count). The second-order valence-corrected chi connectivity index (χ2v) is 8.96. The molecule has 24 heavy (non-hydrogen) atoms. The molecule has 2 aliphatic rings. The van der Waals surface area contributed by atoms with E-state index < -0.39 is 0 Å². The molecule has 0 bridgehead atoms. The fourth-order valence-electron chi connectivity index (χ4n) is 5.02. The Bertz CT molecular complexity index is 735. The van der Waals surface area contributed by atoms with E-state index in [1.54, 1.807) is 5.56 Å². The predicted molar refractivity (Wildman–Crippen MR) is 105 cm³/mol. The van der Waals surface area contributed by atoms with Crippen molar-refractivity contribution in [3.05, 3.63) is 29.5 Å². The van der Waals surface area contributed by atoms with Gasteiger partial charge in [-0.15, -0.1) is 11.8 Å². The highest BCUT2D eigenvalue weighted by molar-refractivity contribution is 7.98. The number of fused-ring (bicyclic) bond motifs is 4. The summed E-state index contributed by atoms with van der Waals surface area (Å²) in [7, 11) is 0. The Labute approximate surface area is 150 Å². The number of aromatic amines is 1. The van der Waals surface area contributed by atoms with Crippen LogP contribution < -0.4 is 0 Å². The Morgan fingerprint density at radius 3 is 3.04 bits per heavy atom. The van der Waals surface area contributed by atoms with Gasteiger partial charge in [0.05, 0.1) is 5.52 Å². The minimum Gasteiger partial charge on any atom is -0.357 e. The molecule has 0 saturated carbocycles. The molecule has 1 saturated heterocycles. The number of unbranched alkanes of at least 4 members (excludes halogenated alkanes) is 1. The first-order valence-corrected chi connectivity index (χ1v) is 10.8. The minimum atomic E-state index is 0.448. The van der Waals surface area contributed by atoms with E-state index in [1.165, 1.54) is 73.2 Å². The van der Waals surface area contributed by atoms with E-state index in [9.17, 15) is 0 Å². The van der Waals surface area contributed by atoms with Gasteiger partial charge in [0.1, 0.15) is 0 Å². The summed E-state index contributed by atoms with van der Waals surface area (Å²) >= 11 is 1.86. The minimum absolute atomic E-state index is 0.448. The molecule has 1 aromatic heterocycles. The molecule has 2 heterocycles. The molecule has 1 aliphatic carbocycles. The molecule has 2 unspecified atom stereocenters. The zero-order chi connectivity index (χ0) is 16.7. The molecule has 1 aromatic carbocycles. The van der Waals surface area contributed by atoms with Gasteiger partial charge in [-0.3, -0.25) is 0 Å². The normalized spacial score (nSPS) is 27.2. The summed E-state index contributed by atoms with van der Waals surface area (Å²) in [4.78, 5) is 7.91. The number of aromatic nitrogens is 1. The van der Waals surface area contributed by atoms with E-state index in [0.29, 0.717) is 5.41 Å². The third-order valence-electron chi connectivity index (χ3n) is 6.43. The van der Waals surface area contributed by atoms with Crippen LogP contribution in [0, 0.1) is 11.3 Å². The van der Waals surface area contributed by atoms with Crippen LogP contribution in [0.4, 0.5) is 0 Å². The predicted octanol–water partition coefficient (Wildman–Crippen LogP) is 5.12. The van der Waals surface area contributed by atoms with Crippen LogP contribution in [0.25, 0.3) is 10.9 Å². The maximum Gasteiger partial charge on any atom is 0.0596 e. The molecule has 0 amide bonds. The van der Waals surface area contributed by atoms with Gasteiger partial charge < -0.3 is 9.88 Å². The Hall–Kier alpha value is -0.930. The Balaban J connectivity index is 1.67. The summed E-state index contributed by atoms with van der Waals surface area (Å²) in [5, 5.41) is 1.47. The van der Waals surface area contributed by atoms with E-state index in [1.807, 2.05) is 11.8 Å². The number of benzene rings is 1. The van der Waals surface area contributed by atoms with Gasteiger partial charge in [-0.2, -0.15) is 0 Å². The molecule has 1 fully saturated rings. The van der Waals surface area contributed by atoms with Crippen LogP contribution in [-0.4, -0.2) is 35.8 Å². The van der Waals surface area contributed by atoms with Crippen LogP contribution in [0.2, 0.25) is 0 Å². The summed E-state index contributed by atoms with van der Waals surface area (Å²) in [6, 6.07) is 6.80. The van der Waals surface area contributed by atoms with Crippen LogP contribution in [0.15, 0.2) is 23.1 Å². The number of piperidine rings is 1. The molecule has 2 aromatic rings. The Morgan fingerprint density at radius 2 is 2.25 bits per heavy atom. The van der Waals surface area contributed by atoms with E-state index in [0.717, 1.165) is 5.92 Å². The monoisotopic (exact) mass is 342 g/mol. The lowest BCUT2D eigenvalue weighted by molar-refractivity contribution is 0.0328. The van der Waals surface area contributed by atoms with Crippen LogP contribution >= 0.6 is 11.8 Å². The fraction of sp³-hybridized carbons (Fsp3) is 0.619. The molecule has 2 nitrogen and oxygen atoms in total. The van der Waals surface area contributed by atoms with Crippen molar-refractivity contribution in [2.75, 3.05) is 25.9 Å². The summed E-state index contributed by atoms with van der Waals surface area (Å²) in [5.41, 5.74) is 4.96. The highest BCUT2D eigenvalue weighted by atomic mass is 32.2. The van der Waals surface area contributed by atoms with Crippen molar-refractivity contribution in [1.82, 2.24) is 9.88 Å². The van der Waals surface area contributed by atoms with E-state index >= 15 is 0 Å². The highest BCUT2D eigenvalue weighted by Crippen LogP contribution is 2.47. The standard InChI is InChI=1S/C21H30N2S/c1-4-5-10-23-11-9-15-12-18-17(13-21(15,2)14-23)16-7-6-8-19(24-3)20(16)22-18/h6-8,15,22H,4-5,9-14H2,1-3H3. The van der Waals surface area contributed by atoms with Crippen molar-refractivity contribution in [3.63, 3.8) is 0 Å². The second kappa shape index (κ2) is 6.42. The number of rotatable bonds is 4. The van der Waals surface area contributed by atoms with Gasteiger partial charge in [-0.05, 0) is 68.0 Å². The SMILES string of the molecule is CCCCN1CCC2Cc3[nH]c4c(SC)cccc4c3CC2(C)C1. The zero-order valence-corrected chi connectivity index (χ0v) is 16.1. The van der Waals surface area contributed by atoms with Crippen molar-refractivity contribution >= 4 is 22.7 Å². The maximum absolute atomic E-state index is 3.80. The zero-order valence-electron chi connectivity index (χ0n) is 15.3. The molecular formula is C21H30N2S. The summed E-state index contributed by atoms with van der Waals surface area (Å²) < 4.78 is 0. The lowest BCUT2D eigenvalue weighted by atomic mass is 9.63. The first-order valence-electron chi connectivity index (χ1n) is 9.53. The molecule has 3 heteroatoms. The van der Waals surface area contributed by atoms with E-state index in [4.69, 9.17) is 0 Å². The summed E-state index contributed by atoms with van der Waals surface area (Å²) in [5.74, 6) is 0.841. The average Bonchev–Trinajstić information content (AvgIpc) is 2.94. The smallest absolute Gasteiger partial charge is 0.0596 e. The number of hydrogen-bond acceptors (Lipinski definition) is 2. The molecule has 0 spiro atoms. The van der Waals surface area contributed by atoms with Gasteiger partial charge in [0, 0.05) is 22.5 Å². The van der Waals surface area contributed by atoms with Crippen molar-refractivity contribution in [3.8, 4) is 0 Å². The molecular weight excluding hydrogens is 312 g/mol. The Morgan fingerprint density at radius 1 is 1.38 bits per heavy atom. The number of nitrogens with one attached hydrogen (secondary N) is 1. The van der Waals surface area contributed by atoms with Crippen LogP contribution in [-0.2, 0) is 12.8 Å². The van der Waals surface area contributed by atoms with Gasteiger partial charge in [0.15, 0.2) is 0 Å². The van der Waals surface area contributed by atoms with Gasteiger partial charge >= 0.3 is 0 Å². The number of thioether (sulfide) groups is 1. The largest absolute Gasteiger partial charge is 0.357 e. The molecule has 1 N–H and O–H groups in total. The van der Waals surface area contributed by atoms with Gasteiger partial charge in [0.25, 0.3) is 0 Å². The van der Waals surface area contributed by atoms with Crippen molar-refractivity contribution in [2.24, 2.45) is 11.3 Å². The third-order valence-corrected chi connectivity index (χ3v) is 7.21. The first kappa shape index (κ1) is 16.5. The highest BCUT2D eigenvalue weighted by Gasteiger charge is 2.43. The second-order valence-electron chi connectivity index (χ2n) is 8.12. The fourth-order valence-corrected chi connectivity index (χ4v) is 5.60. The van der Waals surface area contributed by atoms with Crippen molar-refractivity contribution in [2.45, 2.75) is 50.8 Å². The summed E-state index contributed by atoms with van der Waals surface area (Å²) in [6.45, 7) is 8.72. The van der Waals surface area contributed by atoms with Crippen LogP contribution in [0.5, 0.6) is 0 Å². The first-order chi connectivity index (χ1) is 11.6. The maximum atomic E-state index is 3.80. The topological polar surface area (TPSA) is 19.0 Å². The lowest BCUT2D eigenvalue weighted by Crippen LogP contribution is -2.50. The molecule has 0 radical (unpaired) electrons. The summed E-state index contributed by atoms with van der Waals surface area (Å²) in [6.07, 6.45) is 8.69. The third kappa shape index (κ3) is 2.70. The van der Waals surface area contributed by atoms with E-state index in [-0.39, 0.29) is 0 Å². The van der Waals surface area contributed by atoms with Crippen LogP contribution in [0.3, 0.4) is 0 Å². The lowest BCUT2D eigenvalue weighted by Gasteiger charge is -2.49. The molecule has 1 aliphatic heterocycles. The number of hydrogen-bond donors (Lipinski definition) is 1. The number of H-pyrrole nitrogens is 1. The van der Waals surface area contributed by atoms with Gasteiger partial charge in [0.2, 0.25) is 0 Å². The van der Waals surface area contributed by atoms with E-state index in [2.05, 4.69) is 48.2 Å².